The number of nitrogens with zero attached hydrogens (tertiary/aromatic N) is 4. The molecule has 0 N–H and O–H groups in total. The topological polar surface area (TPSA) is 52.2 Å². The molecule has 0 radical (unpaired) electrons. The Balaban J connectivity index is 1.83. The molecule has 5 rings (SSSR count). The first-order valence-corrected chi connectivity index (χ1v) is 11.5. The maximum Gasteiger partial charge on any atom is 0.265 e. The molecule has 1 aliphatic carbocycles. The van der Waals surface area contributed by atoms with Crippen molar-refractivity contribution >= 4 is 17.5 Å². The Morgan fingerprint density at radius 2 is 1.83 bits per heavy atom. The van der Waals surface area contributed by atoms with E-state index in [2.05, 4.69) is 44.2 Å². The molecule has 0 fully saturated rings. The number of benzene rings is 2. The van der Waals surface area contributed by atoms with E-state index >= 15 is 0 Å². The molecule has 0 saturated carbocycles. The van der Waals surface area contributed by atoms with Gasteiger partial charge in [-0.1, -0.05) is 80.2 Å². The lowest BCUT2D eigenvalue weighted by molar-refractivity contribution is 0.439. The highest BCUT2D eigenvalue weighted by molar-refractivity contribution is 7.98. The van der Waals surface area contributed by atoms with Crippen LogP contribution in [0.15, 0.2) is 64.5 Å². The predicted octanol–water partition coefficient (Wildman–Crippen LogP) is 4.55. The van der Waals surface area contributed by atoms with Crippen molar-refractivity contribution < 1.29 is 0 Å². The van der Waals surface area contributed by atoms with Gasteiger partial charge in [-0.25, -0.2) is 14.1 Å². The Hall–Kier alpha value is -2.86. The normalized spacial score (nSPS) is 17.7. The van der Waals surface area contributed by atoms with Gasteiger partial charge in [0.15, 0.2) is 5.16 Å². The first-order valence-electron chi connectivity index (χ1n) is 10.3. The summed E-state index contributed by atoms with van der Waals surface area (Å²) < 4.78 is 3.55. The summed E-state index contributed by atoms with van der Waals surface area (Å²) in [5.74, 6) is 0.599. The zero-order chi connectivity index (χ0) is 20.9. The smallest absolute Gasteiger partial charge is 0.265 e. The number of rotatable bonds is 4. The van der Waals surface area contributed by atoms with E-state index in [1.54, 1.807) is 4.40 Å². The van der Waals surface area contributed by atoms with Crippen molar-refractivity contribution in [3.05, 3.63) is 81.6 Å². The lowest BCUT2D eigenvalue weighted by Gasteiger charge is -2.35. The van der Waals surface area contributed by atoms with Crippen molar-refractivity contribution in [3.8, 4) is 11.3 Å². The van der Waals surface area contributed by atoms with Crippen LogP contribution in [0.25, 0.3) is 17.0 Å². The second-order valence-electron chi connectivity index (χ2n) is 8.15. The van der Waals surface area contributed by atoms with Gasteiger partial charge in [-0.15, -0.1) is 5.10 Å². The highest BCUT2D eigenvalue weighted by Crippen LogP contribution is 2.42. The van der Waals surface area contributed by atoms with Crippen molar-refractivity contribution in [3.63, 3.8) is 0 Å². The fourth-order valence-corrected chi connectivity index (χ4v) is 5.02. The zero-order valence-corrected chi connectivity index (χ0v) is 18.2. The van der Waals surface area contributed by atoms with Gasteiger partial charge in [0.2, 0.25) is 5.78 Å². The SMILES string of the molecule is CC[C@@]1(C)Cc2ccccc2-c2nc3n(Cc4ccccc4)nc(SC)n3c(=O)c21. The van der Waals surface area contributed by atoms with Crippen molar-refractivity contribution in [2.24, 2.45) is 0 Å². The minimum atomic E-state index is -0.244. The molecule has 152 valence electrons. The molecule has 4 aromatic rings. The molecule has 1 aliphatic rings. The monoisotopic (exact) mass is 416 g/mol. The van der Waals surface area contributed by atoms with Gasteiger partial charge in [0, 0.05) is 11.0 Å². The van der Waals surface area contributed by atoms with Gasteiger partial charge >= 0.3 is 0 Å². The van der Waals surface area contributed by atoms with Crippen LogP contribution in [0.3, 0.4) is 0 Å². The second-order valence-corrected chi connectivity index (χ2v) is 8.93. The summed E-state index contributed by atoms with van der Waals surface area (Å²) in [6, 6.07) is 18.5. The van der Waals surface area contributed by atoms with Crippen LogP contribution >= 0.6 is 11.8 Å². The van der Waals surface area contributed by atoms with E-state index in [1.165, 1.54) is 17.3 Å². The Kier molecular flexibility index (Phi) is 4.54. The van der Waals surface area contributed by atoms with E-state index in [4.69, 9.17) is 10.1 Å². The number of aromatic nitrogens is 4. The van der Waals surface area contributed by atoms with Crippen LogP contribution < -0.4 is 5.56 Å². The van der Waals surface area contributed by atoms with Crippen LogP contribution in [0.4, 0.5) is 0 Å². The Labute approximate surface area is 179 Å². The largest absolute Gasteiger partial charge is 0.268 e. The summed E-state index contributed by atoms with van der Waals surface area (Å²) in [5, 5.41) is 5.42. The standard InChI is InChI=1S/C24H24N4OS/c1-4-24(2)14-17-12-8-9-13-18(17)20-19(24)21(29)28-22(25-20)27(26-23(28)30-3)15-16-10-6-5-7-11-16/h5-13H,4,14-15H2,1-3H3/t24-/m0/s1. The molecule has 0 saturated heterocycles. The number of thioether (sulfide) groups is 1. The van der Waals surface area contributed by atoms with Crippen molar-refractivity contribution in [1.29, 1.82) is 0 Å². The fourth-order valence-electron chi connectivity index (χ4n) is 4.50. The summed E-state index contributed by atoms with van der Waals surface area (Å²) in [6.07, 6.45) is 3.68. The molecule has 2 heterocycles. The predicted molar refractivity (Wildman–Crippen MR) is 121 cm³/mol. The maximum atomic E-state index is 13.9. The highest BCUT2D eigenvalue weighted by Gasteiger charge is 2.38. The van der Waals surface area contributed by atoms with Gasteiger partial charge in [0.25, 0.3) is 5.56 Å². The van der Waals surface area contributed by atoms with Gasteiger partial charge in [0.05, 0.1) is 17.8 Å². The Morgan fingerprint density at radius 1 is 1.10 bits per heavy atom. The van der Waals surface area contributed by atoms with Crippen molar-refractivity contribution in [2.75, 3.05) is 6.26 Å². The van der Waals surface area contributed by atoms with Gasteiger partial charge in [-0.2, -0.15) is 0 Å². The first kappa shape index (κ1) is 19.1. The molecule has 30 heavy (non-hydrogen) atoms. The summed E-state index contributed by atoms with van der Waals surface area (Å²) in [5.41, 5.74) is 4.84. The average Bonchev–Trinajstić information content (AvgIpc) is 3.12. The molecule has 0 spiro atoms. The van der Waals surface area contributed by atoms with E-state index in [1.807, 2.05) is 35.2 Å². The van der Waals surface area contributed by atoms with Crippen molar-refractivity contribution in [1.82, 2.24) is 19.2 Å². The highest BCUT2D eigenvalue weighted by atomic mass is 32.2. The average molecular weight is 417 g/mol. The van der Waals surface area contributed by atoms with Gasteiger partial charge < -0.3 is 0 Å². The van der Waals surface area contributed by atoms with Gasteiger partial charge in [-0.05, 0) is 30.2 Å². The lowest BCUT2D eigenvalue weighted by atomic mass is 9.69. The van der Waals surface area contributed by atoms with E-state index in [-0.39, 0.29) is 11.0 Å². The zero-order valence-electron chi connectivity index (χ0n) is 17.4. The molecule has 5 nitrogen and oxygen atoms in total. The quantitative estimate of drug-likeness (QED) is 0.458. The molecule has 2 aromatic carbocycles. The van der Waals surface area contributed by atoms with Crippen molar-refractivity contribution in [2.45, 2.75) is 43.8 Å². The van der Waals surface area contributed by atoms with Crippen LogP contribution in [0.2, 0.25) is 0 Å². The minimum Gasteiger partial charge on any atom is -0.268 e. The second kappa shape index (κ2) is 7.13. The van der Waals surface area contributed by atoms with E-state index in [0.29, 0.717) is 17.5 Å². The molecular formula is C24H24N4OS. The summed E-state index contributed by atoms with van der Waals surface area (Å²) >= 11 is 1.48. The number of fused-ring (bicyclic) bond motifs is 4. The van der Waals surface area contributed by atoms with Crippen LogP contribution in [-0.4, -0.2) is 25.4 Å². The van der Waals surface area contributed by atoms with E-state index < -0.39 is 0 Å². The molecule has 0 bridgehead atoms. The van der Waals surface area contributed by atoms with Gasteiger partial charge in [-0.3, -0.25) is 4.79 Å². The van der Waals surface area contributed by atoms with Gasteiger partial charge in [0.1, 0.15) is 0 Å². The summed E-state index contributed by atoms with van der Waals surface area (Å²) in [4.78, 5) is 18.9. The fraction of sp³-hybridized carbons (Fsp3) is 0.292. The van der Waals surface area contributed by atoms with E-state index in [0.717, 1.165) is 35.2 Å². The molecule has 0 amide bonds. The molecule has 2 aromatic heterocycles. The van der Waals surface area contributed by atoms with Crippen LogP contribution in [0.5, 0.6) is 0 Å². The number of hydrogen-bond donors (Lipinski definition) is 0. The lowest BCUT2D eigenvalue weighted by Crippen LogP contribution is -2.37. The third kappa shape index (κ3) is 2.82. The summed E-state index contributed by atoms with van der Waals surface area (Å²) in [7, 11) is 0. The Bertz CT molecular complexity index is 1310. The molecular weight excluding hydrogens is 392 g/mol. The molecule has 0 aliphatic heterocycles. The van der Waals surface area contributed by atoms with Crippen LogP contribution in [0, 0.1) is 0 Å². The minimum absolute atomic E-state index is 0.0116. The first-order chi connectivity index (χ1) is 14.6. The molecule has 6 heteroatoms. The van der Waals surface area contributed by atoms with Crippen LogP contribution in [-0.2, 0) is 18.4 Å². The maximum absolute atomic E-state index is 13.9. The molecule has 0 unspecified atom stereocenters. The van der Waals surface area contributed by atoms with E-state index in [9.17, 15) is 4.79 Å². The molecule has 1 atom stereocenters. The summed E-state index contributed by atoms with van der Waals surface area (Å²) in [6.45, 7) is 4.91. The third-order valence-corrected chi connectivity index (χ3v) is 6.92. The third-order valence-electron chi connectivity index (χ3n) is 6.29. The van der Waals surface area contributed by atoms with Crippen LogP contribution in [0.1, 0.15) is 37.0 Å². The number of hydrogen-bond acceptors (Lipinski definition) is 4. The Morgan fingerprint density at radius 3 is 2.57 bits per heavy atom.